The maximum Gasteiger partial charge on any atom is 0.266 e. The van der Waals surface area contributed by atoms with Crippen LogP contribution >= 0.6 is 0 Å². The Morgan fingerprint density at radius 2 is 1.93 bits per heavy atom. The number of sulfonamides is 1. The van der Waals surface area contributed by atoms with Crippen molar-refractivity contribution < 1.29 is 8.42 Å². The summed E-state index contributed by atoms with van der Waals surface area (Å²) >= 11 is 0. The summed E-state index contributed by atoms with van der Waals surface area (Å²) in [6, 6.07) is 10.5. The molecule has 0 saturated heterocycles. The first kappa shape index (κ1) is 18.6. The maximum atomic E-state index is 13.3. The van der Waals surface area contributed by atoms with Gasteiger partial charge in [-0.25, -0.2) is 27.7 Å². The molecule has 0 aliphatic carbocycles. The molecule has 2 aromatic heterocycles. The van der Waals surface area contributed by atoms with E-state index in [0.29, 0.717) is 5.82 Å². The molecule has 0 bridgehead atoms. The minimum Gasteiger partial charge on any atom is -0.369 e. The van der Waals surface area contributed by atoms with Crippen LogP contribution < -0.4 is 10.6 Å². The van der Waals surface area contributed by atoms with Gasteiger partial charge in [-0.15, -0.1) is 0 Å². The molecule has 0 saturated carbocycles. The Morgan fingerprint density at radius 1 is 1.13 bits per heavy atom. The molecule has 0 fully saturated rings. The highest BCUT2D eigenvalue weighted by atomic mass is 32.2. The number of aryl methyl sites for hydroxylation is 1. The number of nitrogens with zero attached hydrogens (tertiary/aromatic N) is 6. The van der Waals surface area contributed by atoms with E-state index >= 15 is 0 Å². The highest BCUT2D eigenvalue weighted by Gasteiger charge is 2.36. The smallest absolute Gasteiger partial charge is 0.266 e. The number of rotatable bonds is 4. The number of benzene rings is 1. The molecule has 30 heavy (non-hydrogen) atoms. The van der Waals surface area contributed by atoms with Gasteiger partial charge >= 0.3 is 0 Å². The SMILES string of the molecule is Cn1cccc1N1CCc2cc(S(=O)(=O)N3C[C@@H](c4ncccn4)N=C3N)ccc21. The van der Waals surface area contributed by atoms with Crippen LogP contribution in [0.15, 0.2) is 64.9 Å². The molecule has 5 rings (SSSR count). The van der Waals surface area contributed by atoms with Gasteiger partial charge in [-0.05, 0) is 48.4 Å². The Morgan fingerprint density at radius 3 is 2.67 bits per heavy atom. The monoisotopic (exact) mass is 423 g/mol. The topological polar surface area (TPSA) is 110 Å². The number of anilines is 2. The number of hydrogen-bond acceptors (Lipinski definition) is 7. The van der Waals surface area contributed by atoms with E-state index in [0.717, 1.165) is 34.3 Å². The van der Waals surface area contributed by atoms with E-state index in [1.807, 2.05) is 36.0 Å². The van der Waals surface area contributed by atoms with Crippen LogP contribution in [0.4, 0.5) is 11.5 Å². The molecule has 1 aromatic carbocycles. The third-order valence-electron chi connectivity index (χ3n) is 5.49. The van der Waals surface area contributed by atoms with Crippen LogP contribution in [0.5, 0.6) is 0 Å². The Kier molecular flexibility index (Phi) is 4.24. The summed E-state index contributed by atoms with van der Waals surface area (Å²) in [5, 5.41) is 0. The van der Waals surface area contributed by atoms with E-state index in [1.165, 1.54) is 0 Å². The van der Waals surface area contributed by atoms with Crippen molar-refractivity contribution in [1.29, 1.82) is 0 Å². The molecular weight excluding hydrogens is 402 g/mol. The van der Waals surface area contributed by atoms with Crippen molar-refractivity contribution in [2.75, 3.05) is 18.0 Å². The van der Waals surface area contributed by atoms with E-state index in [4.69, 9.17) is 5.73 Å². The van der Waals surface area contributed by atoms with Gasteiger partial charge in [0, 0.05) is 37.9 Å². The first-order valence-electron chi connectivity index (χ1n) is 9.60. The molecule has 154 valence electrons. The van der Waals surface area contributed by atoms with Crippen LogP contribution in [-0.2, 0) is 23.5 Å². The molecule has 2 aliphatic rings. The first-order valence-corrected chi connectivity index (χ1v) is 11.0. The minimum absolute atomic E-state index is 0.0432. The molecule has 2 aliphatic heterocycles. The zero-order chi connectivity index (χ0) is 20.9. The van der Waals surface area contributed by atoms with E-state index in [1.54, 1.807) is 30.6 Å². The Bertz CT molecular complexity index is 1240. The summed E-state index contributed by atoms with van der Waals surface area (Å²) < 4.78 is 29.8. The van der Waals surface area contributed by atoms with Gasteiger partial charge in [-0.3, -0.25) is 0 Å². The van der Waals surface area contributed by atoms with E-state index in [-0.39, 0.29) is 17.4 Å². The highest BCUT2D eigenvalue weighted by molar-refractivity contribution is 7.89. The van der Waals surface area contributed by atoms with Gasteiger partial charge in [0.25, 0.3) is 10.0 Å². The Balaban J connectivity index is 1.44. The quantitative estimate of drug-likeness (QED) is 0.682. The van der Waals surface area contributed by atoms with Gasteiger partial charge in [0.1, 0.15) is 11.9 Å². The lowest BCUT2D eigenvalue weighted by molar-refractivity contribution is 0.513. The van der Waals surface area contributed by atoms with Crippen LogP contribution in [0.25, 0.3) is 0 Å². The minimum atomic E-state index is -3.83. The molecule has 4 heterocycles. The molecule has 3 aromatic rings. The van der Waals surface area contributed by atoms with Gasteiger partial charge in [-0.2, -0.15) is 0 Å². The fourth-order valence-electron chi connectivity index (χ4n) is 4.00. The third kappa shape index (κ3) is 2.91. The molecular formula is C20H21N7O2S. The molecule has 0 unspecified atom stereocenters. The van der Waals surface area contributed by atoms with Gasteiger partial charge in [0.15, 0.2) is 5.82 Å². The average molecular weight is 424 g/mol. The van der Waals surface area contributed by atoms with Crippen molar-refractivity contribution >= 4 is 27.5 Å². The molecule has 2 N–H and O–H groups in total. The van der Waals surface area contributed by atoms with Gasteiger partial charge in [0.2, 0.25) is 5.96 Å². The lowest BCUT2D eigenvalue weighted by Crippen LogP contribution is -2.39. The second kappa shape index (κ2) is 6.84. The van der Waals surface area contributed by atoms with E-state index in [2.05, 4.69) is 19.9 Å². The molecule has 0 radical (unpaired) electrons. The molecule has 10 heteroatoms. The number of aliphatic imine (C=N–C) groups is 1. The fourth-order valence-corrected chi connectivity index (χ4v) is 5.41. The third-order valence-corrected chi connectivity index (χ3v) is 7.26. The molecule has 1 atom stereocenters. The number of aromatic nitrogens is 3. The second-order valence-corrected chi connectivity index (χ2v) is 9.18. The summed E-state index contributed by atoms with van der Waals surface area (Å²) in [4.78, 5) is 15.0. The van der Waals surface area contributed by atoms with Crippen LogP contribution in [0, 0.1) is 0 Å². The van der Waals surface area contributed by atoms with E-state index in [9.17, 15) is 8.42 Å². The zero-order valence-corrected chi connectivity index (χ0v) is 17.2. The first-order chi connectivity index (χ1) is 14.4. The Labute approximate surface area is 174 Å². The fraction of sp³-hybridized carbons (Fsp3) is 0.250. The summed E-state index contributed by atoms with van der Waals surface area (Å²) in [5.41, 5.74) is 7.99. The summed E-state index contributed by atoms with van der Waals surface area (Å²) in [6.45, 7) is 0.891. The van der Waals surface area contributed by atoms with Crippen molar-refractivity contribution in [3.05, 3.63) is 66.4 Å². The summed E-state index contributed by atoms with van der Waals surface area (Å²) in [7, 11) is -1.84. The molecule has 0 amide bonds. The maximum absolute atomic E-state index is 13.3. The lowest BCUT2D eigenvalue weighted by atomic mass is 10.2. The largest absolute Gasteiger partial charge is 0.369 e. The second-order valence-electron chi connectivity index (χ2n) is 7.32. The number of nitrogens with two attached hydrogens (primary N) is 1. The van der Waals surface area contributed by atoms with Crippen molar-refractivity contribution in [2.45, 2.75) is 17.4 Å². The highest BCUT2D eigenvalue weighted by Crippen LogP contribution is 2.36. The van der Waals surface area contributed by atoms with Crippen LogP contribution in [0.3, 0.4) is 0 Å². The number of fused-ring (bicyclic) bond motifs is 1. The van der Waals surface area contributed by atoms with Crippen LogP contribution in [0.2, 0.25) is 0 Å². The number of guanidine groups is 1. The van der Waals surface area contributed by atoms with Gasteiger partial charge in [0.05, 0.1) is 11.4 Å². The number of hydrogen-bond donors (Lipinski definition) is 1. The lowest BCUT2D eigenvalue weighted by Gasteiger charge is -2.21. The van der Waals surface area contributed by atoms with Crippen molar-refractivity contribution in [3.8, 4) is 0 Å². The van der Waals surface area contributed by atoms with Gasteiger partial charge < -0.3 is 15.2 Å². The van der Waals surface area contributed by atoms with Crippen molar-refractivity contribution in [3.63, 3.8) is 0 Å². The van der Waals surface area contributed by atoms with Crippen LogP contribution in [-0.4, -0.2) is 46.3 Å². The van der Waals surface area contributed by atoms with E-state index < -0.39 is 16.1 Å². The Hall–Kier alpha value is -3.40. The zero-order valence-electron chi connectivity index (χ0n) is 16.4. The predicted molar refractivity (Wildman–Crippen MR) is 113 cm³/mol. The van der Waals surface area contributed by atoms with Crippen molar-refractivity contribution in [1.82, 2.24) is 18.8 Å². The van der Waals surface area contributed by atoms with Crippen molar-refractivity contribution in [2.24, 2.45) is 17.8 Å². The molecule has 0 spiro atoms. The standard InChI is InChI=1S/C20H21N7O2S/c1-25-10-2-4-18(25)26-11-7-14-12-15(5-6-17(14)26)30(28,29)27-13-16(24-20(27)21)19-22-8-3-9-23-19/h2-6,8-10,12,16H,7,11,13H2,1H3,(H2,21,24)/t16-/m0/s1. The van der Waals surface area contributed by atoms with Gasteiger partial charge in [-0.1, -0.05) is 0 Å². The average Bonchev–Trinajstić information content (AvgIpc) is 3.46. The predicted octanol–water partition coefficient (Wildman–Crippen LogP) is 1.57. The summed E-state index contributed by atoms with van der Waals surface area (Å²) in [5.74, 6) is 1.48. The molecule has 9 nitrogen and oxygen atoms in total. The van der Waals surface area contributed by atoms with Crippen LogP contribution in [0.1, 0.15) is 17.4 Å². The normalized spacial score (nSPS) is 18.6. The summed E-state index contributed by atoms with van der Waals surface area (Å²) in [6.07, 6.45) is 5.97.